The number of hydrogen-bond donors (Lipinski definition) is 1. The predicted molar refractivity (Wildman–Crippen MR) is 88.0 cm³/mol. The number of carbonyl (C=O) groups excluding carboxylic acids is 1. The van der Waals surface area contributed by atoms with Crippen LogP contribution in [0.25, 0.3) is 0 Å². The van der Waals surface area contributed by atoms with Crippen LogP contribution in [0.5, 0.6) is 0 Å². The normalized spacial score (nSPS) is 19.1. The lowest BCUT2D eigenvalue weighted by Gasteiger charge is -2.30. The van der Waals surface area contributed by atoms with Gasteiger partial charge in [0.25, 0.3) is 5.91 Å². The number of hydrogen-bond acceptors (Lipinski definition) is 5. The summed E-state index contributed by atoms with van der Waals surface area (Å²) in [5.41, 5.74) is 0.0477. The van der Waals surface area contributed by atoms with E-state index in [9.17, 15) is 9.59 Å². The number of aromatic nitrogens is 2. The molecule has 0 aromatic carbocycles. The third-order valence-electron chi connectivity index (χ3n) is 4.07. The molecule has 6 nitrogen and oxygen atoms in total. The number of piperidine rings is 1. The number of nitrogens with one attached hydrogen (secondary N) is 1. The maximum Gasteiger partial charge on any atom is 0.434 e. The van der Waals surface area contributed by atoms with Crippen molar-refractivity contribution in [2.75, 3.05) is 13.1 Å². The molecule has 1 saturated heterocycles. The fraction of sp³-hybridized carbons (Fsp3) is 0.562. The Kier molecular flexibility index (Phi) is 4.14. The van der Waals surface area contributed by atoms with Gasteiger partial charge in [0.15, 0.2) is 0 Å². The number of H-pyrrole nitrogens is 1. The number of likely N-dealkylation sites (tertiary alicyclic amines) is 1. The number of thiophene rings is 1. The molecule has 0 radical (unpaired) electrons. The van der Waals surface area contributed by atoms with E-state index in [1.807, 2.05) is 17.0 Å². The lowest BCUT2D eigenvalue weighted by atomic mass is 9.95. The maximum atomic E-state index is 12.7. The molecule has 1 aliphatic rings. The third-order valence-corrected chi connectivity index (χ3v) is 5.57. The Hall–Kier alpha value is -1.89. The average Bonchev–Trinajstić information content (AvgIpc) is 3.15. The van der Waals surface area contributed by atoms with E-state index < -0.39 is 5.76 Å². The zero-order chi connectivity index (χ0) is 16.6. The van der Waals surface area contributed by atoms with Crippen molar-refractivity contribution in [3.05, 3.63) is 38.3 Å². The zero-order valence-electron chi connectivity index (χ0n) is 13.6. The van der Waals surface area contributed by atoms with Crippen molar-refractivity contribution in [3.63, 3.8) is 0 Å². The van der Waals surface area contributed by atoms with Crippen molar-refractivity contribution in [2.24, 2.45) is 0 Å². The third kappa shape index (κ3) is 3.39. The van der Waals surface area contributed by atoms with Gasteiger partial charge in [-0.2, -0.15) is 0 Å². The van der Waals surface area contributed by atoms with Gasteiger partial charge in [0.1, 0.15) is 0 Å². The van der Waals surface area contributed by atoms with Gasteiger partial charge in [-0.25, -0.2) is 9.89 Å². The minimum absolute atomic E-state index is 0.0197. The average molecular weight is 335 g/mol. The molecule has 1 fully saturated rings. The van der Waals surface area contributed by atoms with Crippen molar-refractivity contribution in [2.45, 2.75) is 44.9 Å². The molecule has 23 heavy (non-hydrogen) atoms. The monoisotopic (exact) mass is 335 g/mol. The molecule has 0 aliphatic carbocycles. The maximum absolute atomic E-state index is 12.7. The van der Waals surface area contributed by atoms with Crippen molar-refractivity contribution >= 4 is 17.2 Å². The molecule has 1 N–H and O–H groups in total. The summed E-state index contributed by atoms with van der Waals surface area (Å²) in [6, 6.07) is 3.94. The van der Waals surface area contributed by atoms with E-state index in [0.717, 1.165) is 24.3 Å². The molecule has 1 aliphatic heterocycles. The first kappa shape index (κ1) is 16.0. The Morgan fingerprint density at radius 2 is 2.22 bits per heavy atom. The quantitative estimate of drug-likeness (QED) is 0.915. The molecule has 0 spiro atoms. The lowest BCUT2D eigenvalue weighted by Crippen LogP contribution is -2.38. The van der Waals surface area contributed by atoms with Crippen molar-refractivity contribution < 1.29 is 9.21 Å². The van der Waals surface area contributed by atoms with Crippen LogP contribution in [0.4, 0.5) is 0 Å². The first-order chi connectivity index (χ1) is 10.8. The van der Waals surface area contributed by atoms with Crippen LogP contribution < -0.4 is 5.76 Å². The van der Waals surface area contributed by atoms with Gasteiger partial charge in [-0.05, 0) is 30.4 Å². The summed E-state index contributed by atoms with van der Waals surface area (Å²) in [6.45, 7) is 7.69. The lowest BCUT2D eigenvalue weighted by molar-refractivity contribution is 0.0702. The highest BCUT2D eigenvalue weighted by Gasteiger charge is 2.29. The molecule has 0 bridgehead atoms. The molecule has 1 amide bonds. The predicted octanol–water partition coefficient (Wildman–Crippen LogP) is 2.74. The number of aromatic amines is 1. The molecule has 7 heteroatoms. The van der Waals surface area contributed by atoms with Gasteiger partial charge in [-0.3, -0.25) is 4.79 Å². The smallest absolute Gasteiger partial charge is 0.392 e. The first-order valence-corrected chi connectivity index (χ1v) is 8.61. The molecule has 2 aromatic rings. The highest BCUT2D eigenvalue weighted by Crippen LogP contribution is 2.31. The van der Waals surface area contributed by atoms with Crippen molar-refractivity contribution in [1.29, 1.82) is 0 Å². The minimum Gasteiger partial charge on any atom is -0.392 e. The van der Waals surface area contributed by atoms with E-state index in [4.69, 9.17) is 4.42 Å². The summed E-state index contributed by atoms with van der Waals surface area (Å²) in [7, 11) is 0. The number of carbonyl (C=O) groups is 1. The highest BCUT2D eigenvalue weighted by molar-refractivity contribution is 7.14. The zero-order valence-corrected chi connectivity index (χ0v) is 14.4. The van der Waals surface area contributed by atoms with E-state index in [-0.39, 0.29) is 17.2 Å². The van der Waals surface area contributed by atoms with Gasteiger partial charge in [-0.1, -0.05) is 20.8 Å². The Balaban J connectivity index is 1.74. The Labute approximate surface area is 138 Å². The van der Waals surface area contributed by atoms with E-state index in [0.29, 0.717) is 12.4 Å². The molecule has 3 heterocycles. The minimum atomic E-state index is -0.545. The fourth-order valence-corrected chi connectivity index (χ4v) is 3.82. The van der Waals surface area contributed by atoms with E-state index in [1.165, 1.54) is 4.88 Å². The first-order valence-electron chi connectivity index (χ1n) is 7.79. The fourth-order valence-electron chi connectivity index (χ4n) is 2.79. The summed E-state index contributed by atoms with van der Waals surface area (Å²) in [6.07, 6.45) is 1.75. The molecule has 1 unspecified atom stereocenters. The summed E-state index contributed by atoms with van der Waals surface area (Å²) < 4.78 is 5.05. The highest BCUT2D eigenvalue weighted by atomic mass is 32.1. The van der Waals surface area contributed by atoms with Gasteiger partial charge in [0, 0.05) is 18.0 Å². The van der Waals surface area contributed by atoms with Gasteiger partial charge >= 0.3 is 5.76 Å². The number of rotatable bonds is 2. The van der Waals surface area contributed by atoms with Crippen LogP contribution in [0.2, 0.25) is 0 Å². The summed E-state index contributed by atoms with van der Waals surface area (Å²) in [4.78, 5) is 27.6. The Morgan fingerprint density at radius 1 is 1.43 bits per heavy atom. The summed E-state index contributed by atoms with van der Waals surface area (Å²) in [5.74, 6) is -0.118. The summed E-state index contributed by atoms with van der Waals surface area (Å²) >= 11 is 1.56. The van der Waals surface area contributed by atoms with Crippen LogP contribution in [-0.4, -0.2) is 34.1 Å². The molecular weight excluding hydrogens is 314 g/mol. The summed E-state index contributed by atoms with van der Waals surface area (Å²) in [5, 5.41) is 6.19. The van der Waals surface area contributed by atoms with Crippen LogP contribution in [-0.2, 0) is 5.41 Å². The van der Waals surface area contributed by atoms with Gasteiger partial charge < -0.3 is 9.32 Å². The van der Waals surface area contributed by atoms with Crippen LogP contribution >= 0.6 is 11.3 Å². The van der Waals surface area contributed by atoms with Crippen molar-refractivity contribution in [3.8, 4) is 0 Å². The molecule has 2 aromatic heterocycles. The van der Waals surface area contributed by atoms with Gasteiger partial charge in [0.05, 0.1) is 10.8 Å². The van der Waals surface area contributed by atoms with Gasteiger partial charge in [0.2, 0.25) is 5.89 Å². The standard InChI is InChI=1S/C16H21N3O3S/c1-16(2,3)12-7-6-11(23-12)14(20)19-8-4-5-10(9-19)13-17-18-15(21)22-13/h6-7,10H,4-5,8-9H2,1-3H3,(H,18,21). The Bertz CT molecular complexity index is 753. The SMILES string of the molecule is CC(C)(C)c1ccc(C(=O)N2CCCC(c3n[nH]c(=O)o3)C2)s1. The van der Waals surface area contributed by atoms with Crippen molar-refractivity contribution in [1.82, 2.24) is 15.1 Å². The number of nitrogens with zero attached hydrogens (tertiary/aromatic N) is 2. The van der Waals surface area contributed by atoms with E-state index in [2.05, 4.69) is 31.0 Å². The second-order valence-corrected chi connectivity index (χ2v) is 8.04. The van der Waals surface area contributed by atoms with Crippen LogP contribution in [0.15, 0.2) is 21.3 Å². The second kappa shape index (κ2) is 5.96. The molecule has 3 rings (SSSR count). The number of amides is 1. The molecule has 124 valence electrons. The van der Waals surface area contributed by atoms with Crippen LogP contribution in [0, 0.1) is 0 Å². The second-order valence-electron chi connectivity index (χ2n) is 6.96. The Morgan fingerprint density at radius 3 is 2.83 bits per heavy atom. The largest absolute Gasteiger partial charge is 0.434 e. The van der Waals surface area contributed by atoms with Crippen LogP contribution in [0.3, 0.4) is 0 Å². The van der Waals surface area contributed by atoms with E-state index in [1.54, 1.807) is 11.3 Å². The topological polar surface area (TPSA) is 79.2 Å². The molecular formula is C16H21N3O3S. The van der Waals surface area contributed by atoms with E-state index >= 15 is 0 Å². The van der Waals surface area contributed by atoms with Crippen LogP contribution in [0.1, 0.15) is 60.0 Å². The molecule has 1 atom stereocenters. The van der Waals surface area contributed by atoms with Gasteiger partial charge in [-0.15, -0.1) is 16.4 Å². The molecule has 0 saturated carbocycles.